The summed E-state index contributed by atoms with van der Waals surface area (Å²) in [7, 11) is 0. The maximum atomic E-state index is 13.1. The summed E-state index contributed by atoms with van der Waals surface area (Å²) >= 11 is 0. The molecule has 0 bridgehead atoms. The molecule has 4 N–H and O–H groups in total. The van der Waals surface area contributed by atoms with Crippen LogP contribution in [-0.4, -0.2) is 33.9 Å². The summed E-state index contributed by atoms with van der Waals surface area (Å²) in [6.07, 6.45) is 1.62. The first kappa shape index (κ1) is 25.9. The minimum atomic E-state index is -0.461. The normalized spacial score (nSPS) is 11.1. The summed E-state index contributed by atoms with van der Waals surface area (Å²) in [6, 6.07) is 19.6. The van der Waals surface area contributed by atoms with E-state index in [0.717, 1.165) is 22.4 Å². The van der Waals surface area contributed by atoms with E-state index in [-0.39, 0.29) is 6.61 Å². The van der Waals surface area contributed by atoms with Crippen LogP contribution in [0.3, 0.4) is 0 Å². The first-order chi connectivity index (χ1) is 17.9. The number of hydrogen-bond donors (Lipinski definition) is 2. The molecular formula is C29H33N5O3. The van der Waals surface area contributed by atoms with E-state index in [1.807, 2.05) is 30.3 Å². The smallest absolute Gasteiger partial charge is 0.357 e. The highest BCUT2D eigenvalue weighted by molar-refractivity contribution is 6.00. The van der Waals surface area contributed by atoms with Gasteiger partial charge < -0.3 is 20.9 Å². The largest absolute Gasteiger partial charge is 0.489 e. The van der Waals surface area contributed by atoms with Crippen molar-refractivity contribution < 1.29 is 14.3 Å². The average molecular weight is 500 g/mol. The van der Waals surface area contributed by atoms with Crippen LogP contribution < -0.4 is 16.2 Å². The maximum absolute atomic E-state index is 13.1. The Balaban J connectivity index is 1.68. The van der Waals surface area contributed by atoms with Gasteiger partial charge in [-0.2, -0.15) is 5.10 Å². The molecule has 8 heteroatoms. The molecule has 4 rings (SSSR count). The molecule has 0 aliphatic carbocycles. The fourth-order valence-electron chi connectivity index (χ4n) is 4.11. The Morgan fingerprint density at radius 2 is 1.76 bits per heavy atom. The molecule has 0 spiro atoms. The molecule has 0 aliphatic heterocycles. The highest BCUT2D eigenvalue weighted by atomic mass is 16.5. The van der Waals surface area contributed by atoms with Crippen molar-refractivity contribution in [1.82, 2.24) is 14.8 Å². The number of esters is 1. The van der Waals surface area contributed by atoms with Crippen LogP contribution in [0.1, 0.15) is 48.3 Å². The predicted molar refractivity (Wildman–Crippen MR) is 145 cm³/mol. The van der Waals surface area contributed by atoms with Crippen LogP contribution in [0.2, 0.25) is 0 Å². The van der Waals surface area contributed by atoms with E-state index in [1.165, 1.54) is 5.56 Å². The summed E-state index contributed by atoms with van der Waals surface area (Å²) < 4.78 is 13.0. The molecule has 2 aromatic heterocycles. The Labute approximate surface area is 217 Å². The lowest BCUT2D eigenvalue weighted by atomic mass is 9.99. The molecule has 4 aromatic rings. The Bertz CT molecular complexity index is 1350. The van der Waals surface area contributed by atoms with Crippen molar-refractivity contribution in [2.75, 3.05) is 18.9 Å². The molecule has 0 fully saturated rings. The molecule has 0 amide bonds. The number of aromatic nitrogens is 3. The third-order valence-corrected chi connectivity index (χ3v) is 6.01. The minimum Gasteiger partial charge on any atom is -0.489 e. The molecule has 0 aliphatic rings. The number of rotatable bonds is 10. The molecule has 0 unspecified atom stereocenters. The van der Waals surface area contributed by atoms with E-state index >= 15 is 0 Å². The van der Waals surface area contributed by atoms with Crippen LogP contribution in [0.5, 0.6) is 5.75 Å². The first-order valence-corrected chi connectivity index (χ1v) is 12.4. The van der Waals surface area contributed by atoms with Gasteiger partial charge in [-0.3, -0.25) is 4.68 Å². The van der Waals surface area contributed by atoms with Crippen LogP contribution in [0, 0.1) is 0 Å². The third kappa shape index (κ3) is 5.98. The Kier molecular flexibility index (Phi) is 8.20. The lowest BCUT2D eigenvalue weighted by Gasteiger charge is -2.11. The van der Waals surface area contributed by atoms with Crippen molar-refractivity contribution >= 4 is 11.8 Å². The van der Waals surface area contributed by atoms with Gasteiger partial charge in [0.15, 0.2) is 5.69 Å². The molecule has 2 aromatic carbocycles. The number of nitrogen functional groups attached to an aromatic ring is 1. The Morgan fingerprint density at radius 1 is 1.03 bits per heavy atom. The topological polar surface area (TPSA) is 118 Å². The van der Waals surface area contributed by atoms with Crippen LogP contribution >= 0.6 is 0 Å². The molecule has 0 saturated heterocycles. The number of pyridine rings is 1. The zero-order valence-electron chi connectivity index (χ0n) is 21.5. The van der Waals surface area contributed by atoms with Gasteiger partial charge in [-0.1, -0.05) is 50.2 Å². The van der Waals surface area contributed by atoms with Crippen LogP contribution in [0.25, 0.3) is 22.4 Å². The van der Waals surface area contributed by atoms with Gasteiger partial charge in [0.2, 0.25) is 0 Å². The zero-order chi connectivity index (χ0) is 26.4. The van der Waals surface area contributed by atoms with Gasteiger partial charge in [0.1, 0.15) is 23.9 Å². The van der Waals surface area contributed by atoms with Crippen molar-refractivity contribution in [3.63, 3.8) is 0 Å². The minimum absolute atomic E-state index is 0.245. The lowest BCUT2D eigenvalue weighted by Crippen LogP contribution is -2.18. The van der Waals surface area contributed by atoms with E-state index in [9.17, 15) is 4.79 Å². The maximum Gasteiger partial charge on any atom is 0.357 e. The van der Waals surface area contributed by atoms with Crippen LogP contribution in [0.15, 0.2) is 66.9 Å². The van der Waals surface area contributed by atoms with Gasteiger partial charge in [0, 0.05) is 23.9 Å². The molecule has 0 saturated carbocycles. The summed E-state index contributed by atoms with van der Waals surface area (Å²) in [4.78, 5) is 17.1. The summed E-state index contributed by atoms with van der Waals surface area (Å²) in [5, 5.41) is 4.73. The molecule has 192 valence electrons. The quantitative estimate of drug-likeness (QED) is 0.294. The van der Waals surface area contributed by atoms with Crippen molar-refractivity contribution in [2.24, 2.45) is 5.73 Å². The third-order valence-electron chi connectivity index (χ3n) is 6.01. The molecule has 37 heavy (non-hydrogen) atoms. The van der Waals surface area contributed by atoms with Gasteiger partial charge in [-0.25, -0.2) is 9.78 Å². The van der Waals surface area contributed by atoms with Gasteiger partial charge >= 0.3 is 5.97 Å². The second kappa shape index (κ2) is 11.7. The second-order valence-electron chi connectivity index (χ2n) is 8.98. The van der Waals surface area contributed by atoms with E-state index in [0.29, 0.717) is 48.4 Å². The number of carbonyl (C=O) groups excluding carboxylic acids is 1. The number of nitrogens with zero attached hydrogens (tertiary/aromatic N) is 3. The standard InChI is InChI=1S/C29H33N5O3/c1-4-36-29(35)28-26(27(33-34(28)16-14-30)23-13-15-32-25(31)17-23)22-9-11-24(12-10-22)37-18-20-5-7-21(8-6-20)19(2)3/h5-13,15,17,19H,4,14,16,18,30H2,1-3H3,(H2,31,32). The fraction of sp³-hybridized carbons (Fsp3) is 0.276. The number of ether oxygens (including phenoxy) is 2. The monoisotopic (exact) mass is 499 g/mol. The van der Waals surface area contributed by atoms with Crippen molar-refractivity contribution in [3.05, 3.63) is 83.7 Å². The highest BCUT2D eigenvalue weighted by Gasteiger charge is 2.26. The van der Waals surface area contributed by atoms with Crippen molar-refractivity contribution in [2.45, 2.75) is 39.8 Å². The first-order valence-electron chi connectivity index (χ1n) is 12.4. The summed E-state index contributed by atoms with van der Waals surface area (Å²) in [6.45, 7) is 7.50. The molecule has 8 nitrogen and oxygen atoms in total. The zero-order valence-corrected chi connectivity index (χ0v) is 21.5. The SMILES string of the molecule is CCOC(=O)c1c(-c2ccc(OCc3ccc(C(C)C)cc3)cc2)c(-c2ccnc(N)c2)nn1CCN. The number of carbonyl (C=O) groups is 1. The number of nitrogens with two attached hydrogens (primary N) is 2. The van der Waals surface area contributed by atoms with E-state index in [2.05, 4.69) is 43.1 Å². The average Bonchev–Trinajstić information content (AvgIpc) is 3.28. The predicted octanol–water partition coefficient (Wildman–Crippen LogP) is 5.03. The Hall–Kier alpha value is -4.17. The van der Waals surface area contributed by atoms with Gasteiger partial charge in [-0.15, -0.1) is 0 Å². The van der Waals surface area contributed by atoms with Crippen LogP contribution in [0.4, 0.5) is 5.82 Å². The summed E-state index contributed by atoms with van der Waals surface area (Å²) in [5.74, 6) is 1.11. The van der Waals surface area contributed by atoms with Gasteiger partial charge in [-0.05, 0) is 53.8 Å². The summed E-state index contributed by atoms with van der Waals surface area (Å²) in [5.41, 5.74) is 17.3. The molecule has 0 radical (unpaired) electrons. The van der Waals surface area contributed by atoms with Gasteiger partial charge in [0.05, 0.1) is 13.2 Å². The Morgan fingerprint density at radius 3 is 2.38 bits per heavy atom. The number of anilines is 1. The number of hydrogen-bond acceptors (Lipinski definition) is 7. The molecule has 2 heterocycles. The fourth-order valence-corrected chi connectivity index (χ4v) is 4.11. The van der Waals surface area contributed by atoms with Crippen molar-refractivity contribution in [3.8, 4) is 28.1 Å². The molecule has 0 atom stereocenters. The number of benzene rings is 2. The van der Waals surface area contributed by atoms with Gasteiger partial charge in [0.25, 0.3) is 0 Å². The lowest BCUT2D eigenvalue weighted by molar-refractivity contribution is 0.0513. The second-order valence-corrected chi connectivity index (χ2v) is 8.98. The molecular weight excluding hydrogens is 466 g/mol. The van der Waals surface area contributed by atoms with Crippen LogP contribution in [-0.2, 0) is 17.9 Å². The van der Waals surface area contributed by atoms with E-state index < -0.39 is 5.97 Å². The van der Waals surface area contributed by atoms with E-state index in [1.54, 1.807) is 23.9 Å². The van der Waals surface area contributed by atoms with Crippen molar-refractivity contribution in [1.29, 1.82) is 0 Å². The highest BCUT2D eigenvalue weighted by Crippen LogP contribution is 2.36. The van der Waals surface area contributed by atoms with E-state index in [4.69, 9.17) is 26.0 Å².